The number of anilines is 1. The normalized spacial score (nSPS) is 14.5. The summed E-state index contributed by atoms with van der Waals surface area (Å²) in [6.07, 6.45) is 1.70. The zero-order chi connectivity index (χ0) is 25.1. The van der Waals surface area contributed by atoms with Crippen LogP contribution >= 0.6 is 11.8 Å². The number of aromatic nitrogens is 1. The summed E-state index contributed by atoms with van der Waals surface area (Å²) in [5, 5.41) is 2.20. The highest BCUT2D eigenvalue weighted by molar-refractivity contribution is 8.18. The number of para-hydroxylation sites is 2. The van der Waals surface area contributed by atoms with E-state index in [0.29, 0.717) is 11.4 Å². The summed E-state index contributed by atoms with van der Waals surface area (Å²) in [5.41, 5.74) is 4.15. The molecule has 1 N–H and O–H groups in total. The van der Waals surface area contributed by atoms with Crippen LogP contribution in [0, 0.1) is 13.8 Å². The average molecular weight is 492 g/mol. The Balaban J connectivity index is 1.52. The summed E-state index contributed by atoms with van der Waals surface area (Å²) in [7, 11) is 3.12. The Bertz CT molecular complexity index is 1330. The molecule has 0 bridgehead atoms. The summed E-state index contributed by atoms with van der Waals surface area (Å²) < 4.78 is 12.5. The monoisotopic (exact) mass is 491 g/mol. The molecule has 0 aliphatic carbocycles. The number of hydrogen-bond donors (Lipinski definition) is 1. The van der Waals surface area contributed by atoms with Crippen LogP contribution < -0.4 is 14.8 Å². The lowest BCUT2D eigenvalue weighted by molar-refractivity contribution is -0.127. The lowest BCUT2D eigenvalue weighted by atomic mass is 10.2. The van der Waals surface area contributed by atoms with Crippen molar-refractivity contribution in [3.05, 3.63) is 76.5 Å². The van der Waals surface area contributed by atoms with Gasteiger partial charge in [-0.05, 0) is 79.7 Å². The van der Waals surface area contributed by atoms with Gasteiger partial charge in [0.05, 0.1) is 24.8 Å². The molecule has 3 aromatic rings. The van der Waals surface area contributed by atoms with Gasteiger partial charge in [0, 0.05) is 17.1 Å². The van der Waals surface area contributed by atoms with E-state index in [1.807, 2.05) is 44.2 Å². The maximum Gasteiger partial charge on any atom is 0.294 e. The molecule has 35 heavy (non-hydrogen) atoms. The summed E-state index contributed by atoms with van der Waals surface area (Å²) in [5.74, 6) is 0.266. The summed E-state index contributed by atoms with van der Waals surface area (Å²) in [6, 6.07) is 16.6. The van der Waals surface area contributed by atoms with Crippen LogP contribution in [0.5, 0.6) is 11.5 Å². The SMILES string of the molecule is COc1ccc(-n2c(C)cc(/C=C3\SC(=O)N(CC(=O)Nc4ccccc4OC)C3=O)c2C)cc1. The number of nitrogens with zero attached hydrogens (tertiary/aromatic N) is 2. The van der Waals surface area contributed by atoms with Crippen LogP contribution in [-0.4, -0.2) is 47.3 Å². The molecule has 1 saturated heterocycles. The fraction of sp³-hybridized carbons (Fsp3) is 0.192. The van der Waals surface area contributed by atoms with E-state index in [1.54, 1.807) is 37.5 Å². The van der Waals surface area contributed by atoms with Crippen molar-refractivity contribution < 1.29 is 23.9 Å². The standard InChI is InChI=1S/C26H25N3O5S/c1-16-13-18(17(2)29(16)19-9-11-20(33-3)12-10-19)14-23-25(31)28(26(32)35-23)15-24(30)27-21-7-5-6-8-22(21)34-4/h5-14H,15H2,1-4H3,(H,27,30)/b23-14-. The van der Waals surface area contributed by atoms with Crippen LogP contribution in [0.15, 0.2) is 59.5 Å². The molecule has 0 saturated carbocycles. The minimum absolute atomic E-state index is 0.273. The van der Waals surface area contributed by atoms with Crippen molar-refractivity contribution in [2.24, 2.45) is 0 Å². The van der Waals surface area contributed by atoms with Crippen molar-refractivity contribution in [1.29, 1.82) is 0 Å². The first-order valence-electron chi connectivity index (χ1n) is 10.8. The van der Waals surface area contributed by atoms with Crippen LogP contribution in [0.25, 0.3) is 11.8 Å². The number of rotatable bonds is 7. The van der Waals surface area contributed by atoms with Crippen LogP contribution in [0.2, 0.25) is 0 Å². The van der Waals surface area contributed by atoms with Crippen LogP contribution in [-0.2, 0) is 9.59 Å². The Kier molecular flexibility index (Phi) is 6.97. The van der Waals surface area contributed by atoms with Gasteiger partial charge in [-0.1, -0.05) is 12.1 Å². The van der Waals surface area contributed by atoms with Gasteiger partial charge in [-0.3, -0.25) is 19.3 Å². The molecule has 0 spiro atoms. The van der Waals surface area contributed by atoms with Crippen LogP contribution in [0.4, 0.5) is 10.5 Å². The Morgan fingerprint density at radius 1 is 1.03 bits per heavy atom. The molecule has 3 amide bonds. The van der Waals surface area contributed by atoms with E-state index in [4.69, 9.17) is 9.47 Å². The molecule has 9 heteroatoms. The molecule has 8 nitrogen and oxygen atoms in total. The zero-order valence-electron chi connectivity index (χ0n) is 19.8. The van der Waals surface area contributed by atoms with Gasteiger partial charge < -0.3 is 19.4 Å². The van der Waals surface area contributed by atoms with E-state index < -0.39 is 17.1 Å². The van der Waals surface area contributed by atoms with Gasteiger partial charge >= 0.3 is 0 Å². The molecule has 1 aromatic heterocycles. The first-order valence-corrected chi connectivity index (χ1v) is 11.7. The van der Waals surface area contributed by atoms with Crippen molar-refractivity contribution in [1.82, 2.24) is 9.47 Å². The van der Waals surface area contributed by atoms with E-state index in [1.165, 1.54) is 7.11 Å². The number of hydrogen-bond acceptors (Lipinski definition) is 6. The number of benzene rings is 2. The van der Waals surface area contributed by atoms with Gasteiger partial charge in [0.25, 0.3) is 11.1 Å². The van der Waals surface area contributed by atoms with E-state index >= 15 is 0 Å². The van der Waals surface area contributed by atoms with Crippen molar-refractivity contribution >= 4 is 40.6 Å². The number of carbonyl (C=O) groups excluding carboxylic acids is 3. The molecule has 4 rings (SSSR count). The summed E-state index contributed by atoms with van der Waals surface area (Å²) in [6.45, 7) is 3.54. The van der Waals surface area contributed by atoms with Crippen LogP contribution in [0.3, 0.4) is 0 Å². The molecular weight excluding hydrogens is 466 g/mol. The van der Waals surface area contributed by atoms with E-state index in [0.717, 1.165) is 45.1 Å². The minimum Gasteiger partial charge on any atom is -0.497 e. The third-order valence-corrected chi connectivity index (χ3v) is 6.55. The van der Waals surface area contributed by atoms with Gasteiger partial charge in [0.15, 0.2) is 0 Å². The summed E-state index contributed by atoms with van der Waals surface area (Å²) >= 11 is 0.825. The molecule has 0 radical (unpaired) electrons. The average Bonchev–Trinajstić information content (AvgIpc) is 3.28. The molecule has 1 aliphatic rings. The van der Waals surface area contributed by atoms with Gasteiger partial charge in [-0.25, -0.2) is 0 Å². The Hall–Kier alpha value is -3.98. The van der Waals surface area contributed by atoms with E-state index in [2.05, 4.69) is 9.88 Å². The van der Waals surface area contributed by atoms with Crippen molar-refractivity contribution in [2.45, 2.75) is 13.8 Å². The lowest BCUT2D eigenvalue weighted by Gasteiger charge is -2.14. The van der Waals surface area contributed by atoms with Crippen molar-refractivity contribution in [2.75, 3.05) is 26.1 Å². The van der Waals surface area contributed by atoms with Crippen molar-refractivity contribution in [3.8, 4) is 17.2 Å². The Morgan fingerprint density at radius 3 is 2.43 bits per heavy atom. The molecule has 0 unspecified atom stereocenters. The quantitative estimate of drug-likeness (QED) is 0.478. The largest absolute Gasteiger partial charge is 0.497 e. The first-order chi connectivity index (χ1) is 16.8. The topological polar surface area (TPSA) is 89.9 Å². The number of methoxy groups -OCH3 is 2. The van der Waals surface area contributed by atoms with Gasteiger partial charge in [0.2, 0.25) is 5.91 Å². The number of amides is 3. The van der Waals surface area contributed by atoms with Crippen molar-refractivity contribution in [3.63, 3.8) is 0 Å². The minimum atomic E-state index is -0.496. The third kappa shape index (κ3) is 4.95. The fourth-order valence-corrected chi connectivity index (χ4v) is 4.75. The molecule has 1 aliphatic heterocycles. The smallest absolute Gasteiger partial charge is 0.294 e. The van der Waals surface area contributed by atoms with Gasteiger partial charge in [-0.2, -0.15) is 0 Å². The second-order valence-corrected chi connectivity index (χ2v) is 8.87. The maximum absolute atomic E-state index is 13.0. The molecule has 180 valence electrons. The first kappa shape index (κ1) is 24.2. The zero-order valence-corrected chi connectivity index (χ0v) is 20.6. The summed E-state index contributed by atoms with van der Waals surface area (Å²) in [4.78, 5) is 39.3. The number of nitrogens with one attached hydrogen (secondary N) is 1. The van der Waals surface area contributed by atoms with Gasteiger partial charge in [0.1, 0.15) is 18.0 Å². The Morgan fingerprint density at radius 2 is 1.74 bits per heavy atom. The molecule has 1 fully saturated rings. The number of thioether (sulfide) groups is 1. The second-order valence-electron chi connectivity index (χ2n) is 7.88. The highest BCUT2D eigenvalue weighted by Crippen LogP contribution is 2.34. The molecule has 2 heterocycles. The fourth-order valence-electron chi connectivity index (χ4n) is 3.92. The van der Waals surface area contributed by atoms with E-state index in [-0.39, 0.29) is 11.4 Å². The lowest BCUT2D eigenvalue weighted by Crippen LogP contribution is -2.36. The predicted molar refractivity (Wildman–Crippen MR) is 136 cm³/mol. The maximum atomic E-state index is 13.0. The van der Waals surface area contributed by atoms with Crippen LogP contribution in [0.1, 0.15) is 17.0 Å². The molecular formula is C26H25N3O5S. The highest BCUT2D eigenvalue weighted by atomic mass is 32.2. The van der Waals surface area contributed by atoms with E-state index in [9.17, 15) is 14.4 Å². The molecule has 0 atom stereocenters. The Labute approximate surface area is 207 Å². The number of aryl methyl sites for hydroxylation is 1. The second kappa shape index (κ2) is 10.1. The highest BCUT2D eigenvalue weighted by Gasteiger charge is 2.36. The predicted octanol–water partition coefficient (Wildman–Crippen LogP) is 4.79. The molecule has 2 aromatic carbocycles. The number of carbonyl (C=O) groups is 3. The van der Waals surface area contributed by atoms with Gasteiger partial charge in [-0.15, -0.1) is 0 Å². The number of ether oxygens (including phenoxy) is 2. The third-order valence-electron chi connectivity index (χ3n) is 5.64. The number of imide groups is 1.